The van der Waals surface area contributed by atoms with Crippen LogP contribution in [0.25, 0.3) is 0 Å². The van der Waals surface area contributed by atoms with Crippen molar-refractivity contribution in [2.45, 2.75) is 25.6 Å². The standard InChI is InChI=1S/C14H17NO7/c1-7(16)15-5-4-11(17)12(18)10-6-8(13(19)20)2-3-9(10)14(21)22/h2-3,6,11-12,17-18H,4-5H2,1H3,(H,15,16)(H,19,20)(H,21,22). The third kappa shape index (κ3) is 4.54. The molecule has 0 aliphatic heterocycles. The molecule has 0 bridgehead atoms. The van der Waals surface area contributed by atoms with Crippen LogP contribution in [0.3, 0.4) is 0 Å². The fraction of sp³-hybridized carbons (Fsp3) is 0.357. The first-order chi connectivity index (χ1) is 10.2. The number of rotatable bonds is 7. The van der Waals surface area contributed by atoms with E-state index in [2.05, 4.69) is 5.32 Å². The van der Waals surface area contributed by atoms with E-state index in [1.54, 1.807) is 0 Å². The molecule has 120 valence electrons. The van der Waals surface area contributed by atoms with E-state index < -0.39 is 24.1 Å². The number of amides is 1. The first-order valence-corrected chi connectivity index (χ1v) is 6.45. The summed E-state index contributed by atoms with van der Waals surface area (Å²) in [5, 5.41) is 40.4. The van der Waals surface area contributed by atoms with Gasteiger partial charge in [-0.1, -0.05) is 0 Å². The largest absolute Gasteiger partial charge is 0.478 e. The molecule has 1 aromatic rings. The highest BCUT2D eigenvalue weighted by Gasteiger charge is 2.24. The number of hydrogen-bond acceptors (Lipinski definition) is 5. The number of aliphatic hydroxyl groups excluding tert-OH is 2. The average molecular weight is 311 g/mol. The molecular formula is C14H17NO7. The number of hydrogen-bond donors (Lipinski definition) is 5. The van der Waals surface area contributed by atoms with Gasteiger partial charge in [0, 0.05) is 13.5 Å². The van der Waals surface area contributed by atoms with Gasteiger partial charge >= 0.3 is 11.9 Å². The van der Waals surface area contributed by atoms with Crippen molar-refractivity contribution < 1.29 is 34.8 Å². The van der Waals surface area contributed by atoms with Crippen LogP contribution in [0.1, 0.15) is 45.7 Å². The molecular weight excluding hydrogens is 294 g/mol. The molecule has 0 saturated heterocycles. The molecule has 2 atom stereocenters. The zero-order valence-corrected chi connectivity index (χ0v) is 11.8. The summed E-state index contributed by atoms with van der Waals surface area (Å²) < 4.78 is 0. The maximum absolute atomic E-state index is 11.1. The highest BCUT2D eigenvalue weighted by molar-refractivity contribution is 5.93. The Morgan fingerprint density at radius 2 is 1.77 bits per heavy atom. The smallest absolute Gasteiger partial charge is 0.336 e. The molecule has 0 aliphatic carbocycles. The van der Waals surface area contributed by atoms with Gasteiger partial charge in [-0.3, -0.25) is 4.79 Å². The summed E-state index contributed by atoms with van der Waals surface area (Å²) in [5.41, 5.74) is -0.688. The minimum atomic E-state index is -1.58. The van der Waals surface area contributed by atoms with Crippen molar-refractivity contribution in [2.75, 3.05) is 6.54 Å². The van der Waals surface area contributed by atoms with E-state index in [0.29, 0.717) is 0 Å². The van der Waals surface area contributed by atoms with Crippen LogP contribution in [0, 0.1) is 0 Å². The molecule has 0 aromatic heterocycles. The Kier molecular flexibility index (Phi) is 6.02. The van der Waals surface area contributed by atoms with Crippen LogP contribution in [0.15, 0.2) is 18.2 Å². The second-order valence-electron chi connectivity index (χ2n) is 4.70. The molecule has 1 aromatic carbocycles. The average Bonchev–Trinajstić information content (AvgIpc) is 2.45. The minimum absolute atomic E-state index is 0.0168. The summed E-state index contributed by atoms with van der Waals surface area (Å²) >= 11 is 0. The van der Waals surface area contributed by atoms with E-state index in [1.165, 1.54) is 6.92 Å². The summed E-state index contributed by atoms with van der Waals surface area (Å²) in [6.45, 7) is 1.39. The maximum Gasteiger partial charge on any atom is 0.336 e. The van der Waals surface area contributed by atoms with E-state index in [-0.39, 0.29) is 35.6 Å². The first-order valence-electron chi connectivity index (χ1n) is 6.45. The third-order valence-corrected chi connectivity index (χ3v) is 3.03. The number of benzene rings is 1. The van der Waals surface area contributed by atoms with Crippen molar-refractivity contribution in [2.24, 2.45) is 0 Å². The number of aromatic carboxylic acids is 2. The van der Waals surface area contributed by atoms with Crippen LogP contribution >= 0.6 is 0 Å². The zero-order valence-electron chi connectivity index (χ0n) is 11.8. The molecule has 0 saturated carbocycles. The lowest BCUT2D eigenvalue weighted by molar-refractivity contribution is -0.119. The van der Waals surface area contributed by atoms with Crippen LogP contribution in [-0.2, 0) is 4.79 Å². The predicted octanol–water partition coefficient (Wildman–Crippen LogP) is 0.00350. The summed E-state index contributed by atoms with van der Waals surface area (Å²) in [6, 6.07) is 3.18. The summed E-state index contributed by atoms with van der Waals surface area (Å²) in [4.78, 5) is 32.8. The monoisotopic (exact) mass is 311 g/mol. The lowest BCUT2D eigenvalue weighted by Gasteiger charge is -2.20. The molecule has 8 nitrogen and oxygen atoms in total. The molecule has 0 radical (unpaired) electrons. The predicted molar refractivity (Wildman–Crippen MR) is 74.6 cm³/mol. The van der Waals surface area contributed by atoms with Crippen molar-refractivity contribution in [3.05, 3.63) is 34.9 Å². The minimum Gasteiger partial charge on any atom is -0.478 e. The Morgan fingerprint density at radius 3 is 2.27 bits per heavy atom. The molecule has 1 rings (SSSR count). The van der Waals surface area contributed by atoms with Crippen LogP contribution in [-0.4, -0.2) is 50.9 Å². The van der Waals surface area contributed by atoms with Gasteiger partial charge in [0.2, 0.25) is 5.91 Å². The number of carbonyl (C=O) groups excluding carboxylic acids is 1. The van der Waals surface area contributed by atoms with Gasteiger partial charge in [0.1, 0.15) is 6.10 Å². The van der Waals surface area contributed by atoms with E-state index in [4.69, 9.17) is 10.2 Å². The zero-order chi connectivity index (χ0) is 16.9. The quantitative estimate of drug-likeness (QED) is 0.477. The Balaban J connectivity index is 3.00. The van der Waals surface area contributed by atoms with Gasteiger partial charge < -0.3 is 25.7 Å². The molecule has 2 unspecified atom stereocenters. The van der Waals surface area contributed by atoms with Crippen molar-refractivity contribution in [1.29, 1.82) is 0 Å². The number of carboxylic acids is 2. The number of carbonyl (C=O) groups is 3. The van der Waals surface area contributed by atoms with Crippen LogP contribution in [0.4, 0.5) is 0 Å². The Hall–Kier alpha value is -2.45. The van der Waals surface area contributed by atoms with E-state index in [0.717, 1.165) is 18.2 Å². The fourth-order valence-electron chi connectivity index (χ4n) is 1.90. The molecule has 0 fully saturated rings. The molecule has 1 amide bonds. The third-order valence-electron chi connectivity index (χ3n) is 3.03. The van der Waals surface area contributed by atoms with Crippen molar-refractivity contribution in [3.8, 4) is 0 Å². The Bertz CT molecular complexity index is 585. The number of nitrogens with one attached hydrogen (secondary N) is 1. The van der Waals surface area contributed by atoms with Gasteiger partial charge in [0.05, 0.1) is 17.2 Å². The van der Waals surface area contributed by atoms with Crippen LogP contribution < -0.4 is 5.32 Å². The van der Waals surface area contributed by atoms with Gasteiger partial charge in [-0.2, -0.15) is 0 Å². The summed E-state index contributed by atoms with van der Waals surface area (Å²) in [5.74, 6) is -2.93. The van der Waals surface area contributed by atoms with Crippen molar-refractivity contribution >= 4 is 17.8 Å². The highest BCUT2D eigenvalue weighted by atomic mass is 16.4. The van der Waals surface area contributed by atoms with Gasteiger partial charge in [-0.05, 0) is 30.2 Å². The SMILES string of the molecule is CC(=O)NCCC(O)C(O)c1cc(C(=O)O)ccc1C(=O)O. The van der Waals surface area contributed by atoms with Crippen molar-refractivity contribution in [3.63, 3.8) is 0 Å². The van der Waals surface area contributed by atoms with Crippen molar-refractivity contribution in [1.82, 2.24) is 5.32 Å². The Labute approximate surface area is 126 Å². The number of aliphatic hydroxyl groups is 2. The second kappa shape index (κ2) is 7.53. The van der Waals surface area contributed by atoms with Crippen LogP contribution in [0.2, 0.25) is 0 Å². The fourth-order valence-corrected chi connectivity index (χ4v) is 1.90. The van der Waals surface area contributed by atoms with E-state index in [1.807, 2.05) is 0 Å². The molecule has 5 N–H and O–H groups in total. The topological polar surface area (TPSA) is 144 Å². The molecule has 0 heterocycles. The summed E-state index contributed by atoms with van der Waals surface area (Å²) in [6.07, 6.45) is -2.95. The van der Waals surface area contributed by atoms with Crippen LogP contribution in [0.5, 0.6) is 0 Å². The summed E-state index contributed by atoms with van der Waals surface area (Å²) in [7, 11) is 0. The van der Waals surface area contributed by atoms with Gasteiger partial charge in [0.15, 0.2) is 0 Å². The van der Waals surface area contributed by atoms with Gasteiger partial charge in [0.25, 0.3) is 0 Å². The molecule has 22 heavy (non-hydrogen) atoms. The highest BCUT2D eigenvalue weighted by Crippen LogP contribution is 2.24. The maximum atomic E-state index is 11.1. The first kappa shape index (κ1) is 17.6. The van der Waals surface area contributed by atoms with E-state index >= 15 is 0 Å². The molecule has 0 spiro atoms. The second-order valence-corrected chi connectivity index (χ2v) is 4.70. The van der Waals surface area contributed by atoms with Gasteiger partial charge in [-0.25, -0.2) is 9.59 Å². The number of carboxylic acid groups (broad SMARTS) is 2. The lowest BCUT2D eigenvalue weighted by Crippen LogP contribution is -2.28. The lowest BCUT2D eigenvalue weighted by atomic mass is 9.95. The Morgan fingerprint density at radius 1 is 1.14 bits per heavy atom. The van der Waals surface area contributed by atoms with E-state index in [9.17, 15) is 24.6 Å². The van der Waals surface area contributed by atoms with Gasteiger partial charge in [-0.15, -0.1) is 0 Å². The molecule has 0 aliphatic rings. The normalized spacial score (nSPS) is 13.2. The molecule has 8 heteroatoms.